The van der Waals surface area contributed by atoms with Gasteiger partial charge in [-0.1, -0.05) is 0 Å². The zero-order valence-corrected chi connectivity index (χ0v) is 12.2. The molecule has 2 aromatic rings. The van der Waals surface area contributed by atoms with Gasteiger partial charge in [0.2, 0.25) is 0 Å². The number of hydroxylamine groups is 1. The van der Waals surface area contributed by atoms with Crippen LogP contribution in [0.25, 0.3) is 6.08 Å². The number of ether oxygens (including phenoxy) is 1. The van der Waals surface area contributed by atoms with Gasteiger partial charge in [0.05, 0.1) is 6.54 Å². The van der Waals surface area contributed by atoms with E-state index in [0.29, 0.717) is 24.7 Å². The number of carbonyl (C=O) groups excluding carboxylic acids is 1. The van der Waals surface area contributed by atoms with Crippen molar-refractivity contribution in [2.24, 2.45) is 0 Å². The summed E-state index contributed by atoms with van der Waals surface area (Å²) in [5, 5.41) is 11.4. The molecule has 0 unspecified atom stereocenters. The third-order valence-corrected chi connectivity index (χ3v) is 2.81. The molecule has 1 amide bonds. The first kappa shape index (κ1) is 16.4. The number of nitrogens with zero attached hydrogens (tertiary/aromatic N) is 1. The Hall–Kier alpha value is -2.93. The van der Waals surface area contributed by atoms with Crippen LogP contribution in [0, 0.1) is 5.82 Å². The molecular formula is C16H16FN3O3. The Balaban J connectivity index is 1.74. The predicted molar refractivity (Wildman–Crippen MR) is 83.6 cm³/mol. The quantitative estimate of drug-likeness (QED) is 0.316. The second-order valence-electron chi connectivity index (χ2n) is 4.52. The van der Waals surface area contributed by atoms with Crippen molar-refractivity contribution in [3.05, 3.63) is 60.1 Å². The van der Waals surface area contributed by atoms with Gasteiger partial charge in [-0.25, -0.2) is 14.9 Å². The molecule has 0 aliphatic carbocycles. The van der Waals surface area contributed by atoms with E-state index in [1.165, 1.54) is 29.8 Å². The molecule has 0 saturated carbocycles. The summed E-state index contributed by atoms with van der Waals surface area (Å²) < 4.78 is 18.2. The largest absolute Gasteiger partial charge is 0.492 e. The zero-order chi connectivity index (χ0) is 16.5. The van der Waals surface area contributed by atoms with Crippen LogP contribution in [0.5, 0.6) is 5.75 Å². The average Bonchev–Trinajstić information content (AvgIpc) is 2.59. The maximum Gasteiger partial charge on any atom is 0.267 e. The molecule has 0 aliphatic heterocycles. The number of aromatic nitrogens is 1. The number of hydrogen-bond donors (Lipinski definition) is 3. The molecule has 1 aromatic heterocycles. The Morgan fingerprint density at radius 3 is 2.70 bits per heavy atom. The van der Waals surface area contributed by atoms with E-state index in [0.717, 1.165) is 5.56 Å². The second-order valence-corrected chi connectivity index (χ2v) is 4.52. The van der Waals surface area contributed by atoms with E-state index in [1.54, 1.807) is 30.5 Å². The smallest absolute Gasteiger partial charge is 0.267 e. The van der Waals surface area contributed by atoms with Gasteiger partial charge >= 0.3 is 0 Å². The van der Waals surface area contributed by atoms with E-state index in [-0.39, 0.29) is 5.82 Å². The highest BCUT2D eigenvalue weighted by Crippen LogP contribution is 2.11. The second kappa shape index (κ2) is 8.50. The predicted octanol–water partition coefficient (Wildman–Crippen LogP) is 2.23. The minimum Gasteiger partial charge on any atom is -0.492 e. The van der Waals surface area contributed by atoms with Gasteiger partial charge in [0.25, 0.3) is 5.91 Å². The molecule has 0 saturated heterocycles. The standard InChI is InChI=1S/C16H16FN3O3/c17-13-3-5-14(6-4-13)23-10-9-18-15-7-1-12(11-19-15)2-8-16(21)20-22/h1-8,11,22H,9-10H2,(H,18,19)(H,20,21). The van der Waals surface area contributed by atoms with Crippen molar-refractivity contribution in [3.8, 4) is 5.75 Å². The van der Waals surface area contributed by atoms with Crippen LogP contribution >= 0.6 is 0 Å². The van der Waals surface area contributed by atoms with Crippen molar-refractivity contribution < 1.29 is 19.1 Å². The van der Waals surface area contributed by atoms with E-state index >= 15 is 0 Å². The highest BCUT2D eigenvalue weighted by atomic mass is 19.1. The summed E-state index contributed by atoms with van der Waals surface area (Å²) in [5.74, 6) is 0.357. The fourth-order valence-electron chi connectivity index (χ4n) is 1.70. The van der Waals surface area contributed by atoms with Crippen molar-refractivity contribution in [1.82, 2.24) is 10.5 Å². The van der Waals surface area contributed by atoms with Crippen molar-refractivity contribution in [1.29, 1.82) is 0 Å². The number of pyridine rings is 1. The van der Waals surface area contributed by atoms with Gasteiger partial charge in [0, 0.05) is 12.3 Å². The lowest BCUT2D eigenvalue weighted by molar-refractivity contribution is -0.124. The third kappa shape index (κ3) is 5.76. The van der Waals surface area contributed by atoms with E-state index in [4.69, 9.17) is 9.94 Å². The number of nitrogens with one attached hydrogen (secondary N) is 2. The first-order valence-corrected chi connectivity index (χ1v) is 6.88. The lowest BCUT2D eigenvalue weighted by Gasteiger charge is -2.08. The first-order chi connectivity index (χ1) is 11.2. The maximum atomic E-state index is 12.7. The Kier molecular flexibility index (Phi) is 6.07. The molecule has 1 heterocycles. The number of anilines is 1. The Morgan fingerprint density at radius 2 is 2.04 bits per heavy atom. The molecule has 7 heteroatoms. The van der Waals surface area contributed by atoms with Crippen LogP contribution in [0.15, 0.2) is 48.7 Å². The lowest BCUT2D eigenvalue weighted by atomic mass is 10.2. The van der Waals surface area contributed by atoms with Gasteiger partial charge in [-0.3, -0.25) is 10.0 Å². The van der Waals surface area contributed by atoms with Crippen molar-refractivity contribution >= 4 is 17.8 Å². The Bertz CT molecular complexity index is 657. The van der Waals surface area contributed by atoms with Crippen LogP contribution in [-0.4, -0.2) is 29.3 Å². The molecule has 120 valence electrons. The highest BCUT2D eigenvalue weighted by molar-refractivity contribution is 5.90. The average molecular weight is 317 g/mol. The minimum absolute atomic E-state index is 0.301. The fourth-order valence-corrected chi connectivity index (χ4v) is 1.70. The summed E-state index contributed by atoms with van der Waals surface area (Å²) >= 11 is 0. The van der Waals surface area contributed by atoms with Crippen LogP contribution in [-0.2, 0) is 4.79 Å². The normalized spacial score (nSPS) is 10.5. The third-order valence-electron chi connectivity index (χ3n) is 2.81. The van der Waals surface area contributed by atoms with Gasteiger partial charge < -0.3 is 10.1 Å². The molecule has 0 radical (unpaired) electrons. The van der Waals surface area contributed by atoms with Crippen molar-refractivity contribution in [2.45, 2.75) is 0 Å². The number of carbonyl (C=O) groups is 1. The maximum absolute atomic E-state index is 12.7. The molecule has 0 spiro atoms. The van der Waals surface area contributed by atoms with E-state index in [1.807, 2.05) is 0 Å². The molecule has 3 N–H and O–H groups in total. The summed E-state index contributed by atoms with van der Waals surface area (Å²) in [7, 11) is 0. The summed E-state index contributed by atoms with van der Waals surface area (Å²) in [6, 6.07) is 9.35. The lowest BCUT2D eigenvalue weighted by Crippen LogP contribution is -2.14. The highest BCUT2D eigenvalue weighted by Gasteiger charge is 1.97. The Morgan fingerprint density at radius 1 is 1.26 bits per heavy atom. The molecule has 1 aromatic carbocycles. The van der Waals surface area contributed by atoms with Crippen LogP contribution in [0.2, 0.25) is 0 Å². The van der Waals surface area contributed by atoms with E-state index < -0.39 is 5.91 Å². The topological polar surface area (TPSA) is 83.5 Å². The first-order valence-electron chi connectivity index (χ1n) is 6.88. The number of benzene rings is 1. The van der Waals surface area contributed by atoms with Crippen LogP contribution in [0.4, 0.5) is 10.2 Å². The molecule has 0 aliphatic rings. The Labute approximate surface area is 132 Å². The van der Waals surface area contributed by atoms with Crippen LogP contribution in [0.3, 0.4) is 0 Å². The van der Waals surface area contributed by atoms with Gasteiger partial charge in [0.1, 0.15) is 24.0 Å². The van der Waals surface area contributed by atoms with Gasteiger partial charge in [-0.15, -0.1) is 0 Å². The molecule has 6 nitrogen and oxygen atoms in total. The van der Waals surface area contributed by atoms with Crippen LogP contribution in [0.1, 0.15) is 5.56 Å². The molecule has 2 rings (SSSR count). The van der Waals surface area contributed by atoms with E-state index in [2.05, 4.69) is 10.3 Å². The fraction of sp³-hybridized carbons (Fsp3) is 0.125. The summed E-state index contributed by atoms with van der Waals surface area (Å²) in [6.45, 7) is 0.943. The number of rotatable bonds is 7. The summed E-state index contributed by atoms with van der Waals surface area (Å²) in [6.07, 6.45) is 4.31. The molecule has 0 atom stereocenters. The van der Waals surface area contributed by atoms with Gasteiger partial charge in [-0.2, -0.15) is 0 Å². The molecule has 23 heavy (non-hydrogen) atoms. The molecular weight excluding hydrogens is 301 g/mol. The zero-order valence-electron chi connectivity index (χ0n) is 12.2. The molecule has 0 bridgehead atoms. The number of hydrogen-bond acceptors (Lipinski definition) is 5. The SMILES string of the molecule is O=C(C=Cc1ccc(NCCOc2ccc(F)cc2)nc1)NO. The summed E-state index contributed by atoms with van der Waals surface area (Å²) in [4.78, 5) is 15.0. The van der Waals surface area contributed by atoms with Crippen molar-refractivity contribution in [2.75, 3.05) is 18.5 Å². The van der Waals surface area contributed by atoms with Crippen LogP contribution < -0.4 is 15.5 Å². The monoisotopic (exact) mass is 317 g/mol. The van der Waals surface area contributed by atoms with Crippen molar-refractivity contribution in [3.63, 3.8) is 0 Å². The minimum atomic E-state index is -0.606. The van der Waals surface area contributed by atoms with Gasteiger partial charge in [0.15, 0.2) is 0 Å². The van der Waals surface area contributed by atoms with E-state index in [9.17, 15) is 9.18 Å². The van der Waals surface area contributed by atoms with Gasteiger partial charge in [-0.05, 0) is 48.0 Å². The number of halogens is 1. The number of amides is 1. The molecule has 0 fully saturated rings. The summed E-state index contributed by atoms with van der Waals surface area (Å²) in [5.41, 5.74) is 2.23.